The molecule has 1 aromatic rings. The predicted octanol–water partition coefficient (Wildman–Crippen LogP) is 2.24. The standard InChI is InChI=1S/C16H22N2O.ClH/c17-15(9-12-5-2-1-3-6-12)16(19)18-10-13-7-4-8-14(13)11-18;/h1-3,5-6,13-15H,4,7-11,17H2;1H. The van der Waals surface area contributed by atoms with Gasteiger partial charge in [0.15, 0.2) is 0 Å². The number of hydrogen-bond acceptors (Lipinski definition) is 2. The van der Waals surface area contributed by atoms with Crippen molar-refractivity contribution in [2.75, 3.05) is 13.1 Å². The Labute approximate surface area is 126 Å². The number of amides is 1. The van der Waals surface area contributed by atoms with E-state index in [1.165, 1.54) is 19.3 Å². The average Bonchev–Trinajstić information content (AvgIpc) is 2.99. The molecule has 0 radical (unpaired) electrons. The third kappa shape index (κ3) is 3.15. The molecular weight excluding hydrogens is 272 g/mol. The normalized spacial score (nSPS) is 25.9. The van der Waals surface area contributed by atoms with Gasteiger partial charge in [-0.3, -0.25) is 4.79 Å². The van der Waals surface area contributed by atoms with E-state index in [2.05, 4.69) is 0 Å². The Morgan fingerprint density at radius 3 is 2.40 bits per heavy atom. The molecule has 3 nitrogen and oxygen atoms in total. The van der Waals surface area contributed by atoms with E-state index < -0.39 is 0 Å². The zero-order valence-electron chi connectivity index (χ0n) is 11.7. The van der Waals surface area contributed by atoms with Crippen LogP contribution >= 0.6 is 12.4 Å². The lowest BCUT2D eigenvalue weighted by Crippen LogP contribution is -2.44. The second-order valence-electron chi connectivity index (χ2n) is 5.99. The zero-order chi connectivity index (χ0) is 13.2. The molecule has 3 unspecified atom stereocenters. The van der Waals surface area contributed by atoms with Gasteiger partial charge in [0.2, 0.25) is 5.91 Å². The minimum atomic E-state index is -0.388. The van der Waals surface area contributed by atoms with E-state index in [1.54, 1.807) is 0 Å². The molecular formula is C16H23ClN2O. The van der Waals surface area contributed by atoms with Crippen LogP contribution in [-0.4, -0.2) is 29.9 Å². The summed E-state index contributed by atoms with van der Waals surface area (Å²) in [5.74, 6) is 1.62. The van der Waals surface area contributed by atoms with Crippen LogP contribution in [0.4, 0.5) is 0 Å². The third-order valence-electron chi connectivity index (χ3n) is 4.65. The molecule has 3 atom stereocenters. The van der Waals surface area contributed by atoms with Crippen LogP contribution in [0.5, 0.6) is 0 Å². The van der Waals surface area contributed by atoms with Gasteiger partial charge < -0.3 is 10.6 Å². The average molecular weight is 295 g/mol. The summed E-state index contributed by atoms with van der Waals surface area (Å²) in [5, 5.41) is 0. The number of nitrogens with two attached hydrogens (primary N) is 1. The van der Waals surface area contributed by atoms with Crippen LogP contribution in [0.2, 0.25) is 0 Å². The van der Waals surface area contributed by atoms with Gasteiger partial charge in [-0.1, -0.05) is 36.8 Å². The van der Waals surface area contributed by atoms with Crippen molar-refractivity contribution < 1.29 is 4.79 Å². The van der Waals surface area contributed by atoms with Gasteiger partial charge in [0, 0.05) is 13.1 Å². The van der Waals surface area contributed by atoms with Crippen molar-refractivity contribution in [3.05, 3.63) is 35.9 Å². The number of nitrogens with zero attached hydrogens (tertiary/aromatic N) is 1. The third-order valence-corrected chi connectivity index (χ3v) is 4.65. The number of carbonyl (C=O) groups excluding carboxylic acids is 1. The Morgan fingerprint density at radius 1 is 1.20 bits per heavy atom. The maximum absolute atomic E-state index is 12.4. The first-order chi connectivity index (χ1) is 9.24. The zero-order valence-corrected chi connectivity index (χ0v) is 12.5. The van der Waals surface area contributed by atoms with Crippen molar-refractivity contribution in [3.8, 4) is 0 Å². The first-order valence-corrected chi connectivity index (χ1v) is 7.32. The molecule has 0 aromatic heterocycles. The van der Waals surface area contributed by atoms with Gasteiger partial charge in [-0.05, 0) is 36.7 Å². The number of carbonyl (C=O) groups is 1. The van der Waals surface area contributed by atoms with Crippen LogP contribution in [0.25, 0.3) is 0 Å². The maximum atomic E-state index is 12.4. The van der Waals surface area contributed by atoms with Gasteiger partial charge >= 0.3 is 0 Å². The lowest BCUT2D eigenvalue weighted by Gasteiger charge is -2.21. The fourth-order valence-corrected chi connectivity index (χ4v) is 3.60. The van der Waals surface area contributed by atoms with E-state index >= 15 is 0 Å². The van der Waals surface area contributed by atoms with Crippen LogP contribution in [0, 0.1) is 11.8 Å². The van der Waals surface area contributed by atoms with Crippen molar-refractivity contribution in [3.63, 3.8) is 0 Å². The summed E-state index contributed by atoms with van der Waals surface area (Å²) in [5.41, 5.74) is 7.23. The molecule has 1 aliphatic carbocycles. The van der Waals surface area contributed by atoms with Crippen LogP contribution in [0.3, 0.4) is 0 Å². The second-order valence-corrected chi connectivity index (χ2v) is 5.99. The molecule has 0 spiro atoms. The number of rotatable bonds is 3. The Kier molecular flexibility index (Phi) is 5.06. The van der Waals surface area contributed by atoms with Gasteiger partial charge in [-0.15, -0.1) is 12.4 Å². The van der Waals surface area contributed by atoms with Gasteiger partial charge in [-0.2, -0.15) is 0 Å². The topological polar surface area (TPSA) is 46.3 Å². The monoisotopic (exact) mass is 294 g/mol. The van der Waals surface area contributed by atoms with Crippen LogP contribution in [0.1, 0.15) is 24.8 Å². The van der Waals surface area contributed by atoms with E-state index in [0.29, 0.717) is 6.42 Å². The Morgan fingerprint density at radius 2 is 1.80 bits per heavy atom. The minimum absolute atomic E-state index is 0. The van der Waals surface area contributed by atoms with E-state index in [1.807, 2.05) is 35.2 Å². The molecule has 1 heterocycles. The van der Waals surface area contributed by atoms with Gasteiger partial charge in [0.05, 0.1) is 6.04 Å². The fourth-order valence-electron chi connectivity index (χ4n) is 3.60. The van der Waals surface area contributed by atoms with Crippen molar-refractivity contribution >= 4 is 18.3 Å². The summed E-state index contributed by atoms with van der Waals surface area (Å²) in [6, 6.07) is 9.65. The fraction of sp³-hybridized carbons (Fsp3) is 0.562. The number of hydrogen-bond donors (Lipinski definition) is 1. The molecule has 1 saturated heterocycles. The second kappa shape index (κ2) is 6.59. The molecule has 3 rings (SSSR count). The predicted molar refractivity (Wildman–Crippen MR) is 82.8 cm³/mol. The first-order valence-electron chi connectivity index (χ1n) is 7.32. The van der Waals surface area contributed by atoms with Crippen molar-refractivity contribution in [1.29, 1.82) is 0 Å². The molecule has 20 heavy (non-hydrogen) atoms. The Balaban J connectivity index is 0.00000147. The van der Waals surface area contributed by atoms with Crippen LogP contribution in [0.15, 0.2) is 30.3 Å². The molecule has 110 valence electrons. The molecule has 4 heteroatoms. The molecule has 2 N–H and O–H groups in total. The summed E-state index contributed by atoms with van der Waals surface area (Å²) in [6.07, 6.45) is 4.57. The molecule has 2 fully saturated rings. The summed E-state index contributed by atoms with van der Waals surface area (Å²) in [4.78, 5) is 14.4. The van der Waals surface area contributed by atoms with Gasteiger partial charge in [0.25, 0.3) is 0 Å². The SMILES string of the molecule is Cl.NC(Cc1ccccc1)C(=O)N1CC2CCCC2C1. The maximum Gasteiger partial charge on any atom is 0.239 e. The van der Waals surface area contributed by atoms with E-state index in [9.17, 15) is 4.79 Å². The largest absolute Gasteiger partial charge is 0.341 e. The minimum Gasteiger partial charge on any atom is -0.341 e. The van der Waals surface area contributed by atoms with E-state index in [4.69, 9.17) is 5.73 Å². The number of benzene rings is 1. The summed E-state index contributed by atoms with van der Waals surface area (Å²) >= 11 is 0. The molecule has 1 saturated carbocycles. The lowest BCUT2D eigenvalue weighted by molar-refractivity contribution is -0.131. The van der Waals surface area contributed by atoms with Crippen LogP contribution in [-0.2, 0) is 11.2 Å². The van der Waals surface area contributed by atoms with Crippen molar-refractivity contribution in [2.24, 2.45) is 17.6 Å². The van der Waals surface area contributed by atoms with Crippen molar-refractivity contribution in [2.45, 2.75) is 31.7 Å². The molecule has 0 bridgehead atoms. The lowest BCUT2D eigenvalue weighted by atomic mass is 10.0. The number of fused-ring (bicyclic) bond motifs is 1. The number of halogens is 1. The quantitative estimate of drug-likeness (QED) is 0.929. The van der Waals surface area contributed by atoms with Crippen molar-refractivity contribution in [1.82, 2.24) is 4.90 Å². The number of likely N-dealkylation sites (tertiary alicyclic amines) is 1. The van der Waals surface area contributed by atoms with Crippen LogP contribution < -0.4 is 5.73 Å². The summed E-state index contributed by atoms with van der Waals surface area (Å²) in [6.45, 7) is 1.87. The molecule has 1 aliphatic heterocycles. The summed E-state index contributed by atoms with van der Waals surface area (Å²) in [7, 11) is 0. The highest BCUT2D eigenvalue weighted by Gasteiger charge is 2.38. The highest BCUT2D eigenvalue weighted by molar-refractivity contribution is 5.85. The first kappa shape index (κ1) is 15.3. The molecule has 1 aromatic carbocycles. The van der Waals surface area contributed by atoms with E-state index in [0.717, 1.165) is 30.5 Å². The van der Waals surface area contributed by atoms with Gasteiger partial charge in [0.1, 0.15) is 0 Å². The highest BCUT2D eigenvalue weighted by atomic mass is 35.5. The summed E-state index contributed by atoms with van der Waals surface area (Å²) < 4.78 is 0. The molecule has 2 aliphatic rings. The Hall–Kier alpha value is -1.06. The van der Waals surface area contributed by atoms with Gasteiger partial charge in [-0.25, -0.2) is 0 Å². The van der Waals surface area contributed by atoms with E-state index in [-0.39, 0.29) is 24.4 Å². The Bertz CT molecular complexity index is 439. The highest BCUT2D eigenvalue weighted by Crippen LogP contribution is 2.37. The molecule has 1 amide bonds. The smallest absolute Gasteiger partial charge is 0.239 e.